The van der Waals surface area contributed by atoms with Crippen molar-refractivity contribution in [2.24, 2.45) is 20.0 Å². The second kappa shape index (κ2) is 7.38. The molecule has 0 saturated heterocycles. The zero-order valence-electron chi connectivity index (χ0n) is 17.5. The van der Waals surface area contributed by atoms with Crippen LogP contribution in [0.4, 0.5) is 17.2 Å². The van der Waals surface area contributed by atoms with E-state index in [9.17, 15) is 4.79 Å². The summed E-state index contributed by atoms with van der Waals surface area (Å²) in [5, 5.41) is 15.2. The van der Waals surface area contributed by atoms with Crippen molar-refractivity contribution in [2.45, 2.75) is 12.8 Å². The number of rotatable bonds is 6. The fourth-order valence-electron chi connectivity index (χ4n) is 3.49. The number of hydrogen-bond donors (Lipinski definition) is 2. The molecule has 4 aromatic rings. The summed E-state index contributed by atoms with van der Waals surface area (Å²) >= 11 is 0. The maximum absolute atomic E-state index is 12.3. The summed E-state index contributed by atoms with van der Waals surface area (Å²) in [5.41, 5.74) is 3.57. The third kappa shape index (κ3) is 3.67. The van der Waals surface area contributed by atoms with Gasteiger partial charge in [-0.05, 0) is 25.0 Å². The Hall–Kier alpha value is -3.95. The van der Waals surface area contributed by atoms with E-state index < -0.39 is 0 Å². The lowest BCUT2D eigenvalue weighted by atomic mass is 10.1. The number of methoxy groups -OCH3 is 1. The number of carbonyl (C=O) groups is 1. The van der Waals surface area contributed by atoms with E-state index in [1.54, 1.807) is 28.9 Å². The average Bonchev–Trinajstić information content (AvgIpc) is 3.40. The third-order valence-corrected chi connectivity index (χ3v) is 5.11. The minimum Gasteiger partial charge on any atom is -0.494 e. The number of hydrogen-bond acceptors (Lipinski definition) is 7. The fraction of sp³-hybridized carbons (Fsp3) is 0.286. The van der Waals surface area contributed by atoms with E-state index in [1.165, 1.54) is 0 Å². The minimum atomic E-state index is 0.00231. The molecule has 0 atom stereocenters. The molecule has 31 heavy (non-hydrogen) atoms. The van der Waals surface area contributed by atoms with Gasteiger partial charge in [-0.2, -0.15) is 10.2 Å². The molecule has 158 valence electrons. The van der Waals surface area contributed by atoms with Gasteiger partial charge in [0.2, 0.25) is 5.91 Å². The van der Waals surface area contributed by atoms with Crippen LogP contribution >= 0.6 is 0 Å². The van der Waals surface area contributed by atoms with Crippen molar-refractivity contribution < 1.29 is 9.53 Å². The van der Waals surface area contributed by atoms with Crippen LogP contribution in [0.2, 0.25) is 0 Å². The summed E-state index contributed by atoms with van der Waals surface area (Å²) in [6.07, 6.45) is 5.32. The van der Waals surface area contributed by atoms with Crippen molar-refractivity contribution in [2.75, 3.05) is 17.7 Å². The first kappa shape index (κ1) is 19.0. The molecule has 3 aromatic heterocycles. The summed E-state index contributed by atoms with van der Waals surface area (Å²) in [6.45, 7) is 0. The normalized spacial score (nSPS) is 13.4. The number of para-hydroxylation sites is 1. The molecule has 1 fully saturated rings. The number of benzene rings is 1. The number of nitrogens with one attached hydrogen (secondary N) is 2. The van der Waals surface area contributed by atoms with Gasteiger partial charge in [-0.25, -0.2) is 9.97 Å². The van der Waals surface area contributed by atoms with E-state index in [-0.39, 0.29) is 11.8 Å². The Kier molecular flexibility index (Phi) is 4.54. The second-order valence-corrected chi connectivity index (χ2v) is 7.61. The highest BCUT2D eigenvalue weighted by Gasteiger charge is 2.30. The van der Waals surface area contributed by atoms with Gasteiger partial charge in [0.15, 0.2) is 11.6 Å². The highest BCUT2D eigenvalue weighted by atomic mass is 16.5. The molecule has 10 nitrogen and oxygen atoms in total. The van der Waals surface area contributed by atoms with Crippen LogP contribution in [-0.4, -0.2) is 42.5 Å². The molecule has 0 aliphatic heterocycles. The highest BCUT2D eigenvalue weighted by Crippen LogP contribution is 2.38. The van der Waals surface area contributed by atoms with E-state index in [0.29, 0.717) is 34.1 Å². The Morgan fingerprint density at radius 2 is 2.00 bits per heavy atom. The molecule has 3 heterocycles. The van der Waals surface area contributed by atoms with Gasteiger partial charge in [-0.15, -0.1) is 0 Å². The molecule has 1 aliphatic carbocycles. The van der Waals surface area contributed by atoms with Gasteiger partial charge in [0.05, 0.1) is 30.2 Å². The van der Waals surface area contributed by atoms with Gasteiger partial charge in [0.25, 0.3) is 0 Å². The van der Waals surface area contributed by atoms with E-state index in [4.69, 9.17) is 4.74 Å². The molecule has 1 aromatic carbocycles. The molecule has 1 amide bonds. The molecular weight excluding hydrogens is 396 g/mol. The van der Waals surface area contributed by atoms with E-state index >= 15 is 0 Å². The Labute approximate surface area is 178 Å². The lowest BCUT2D eigenvalue weighted by molar-refractivity contribution is -0.117. The SMILES string of the molecule is COc1c(Nc2cc(NC(=O)C3CC3)nc3cn(C)nc23)cccc1-c1ncn(C)n1. The highest BCUT2D eigenvalue weighted by molar-refractivity contribution is 5.98. The summed E-state index contributed by atoms with van der Waals surface area (Å²) in [6, 6.07) is 7.51. The summed E-state index contributed by atoms with van der Waals surface area (Å²) in [7, 11) is 5.26. The van der Waals surface area contributed by atoms with Crippen molar-refractivity contribution >= 4 is 34.1 Å². The molecule has 0 bridgehead atoms. The summed E-state index contributed by atoms with van der Waals surface area (Å²) in [5.74, 6) is 1.76. The number of nitrogens with zero attached hydrogens (tertiary/aromatic N) is 6. The van der Waals surface area contributed by atoms with Gasteiger partial charge in [-0.1, -0.05) is 6.07 Å². The zero-order chi connectivity index (χ0) is 21.5. The van der Waals surface area contributed by atoms with Gasteiger partial charge in [0.1, 0.15) is 23.2 Å². The van der Waals surface area contributed by atoms with E-state index in [1.807, 2.05) is 38.5 Å². The quantitative estimate of drug-likeness (QED) is 0.495. The van der Waals surface area contributed by atoms with Crippen LogP contribution < -0.4 is 15.4 Å². The predicted octanol–water partition coefficient (Wildman–Crippen LogP) is 2.86. The van der Waals surface area contributed by atoms with Gasteiger partial charge >= 0.3 is 0 Å². The largest absolute Gasteiger partial charge is 0.494 e. The molecule has 0 unspecified atom stereocenters. The maximum atomic E-state index is 12.3. The molecule has 1 saturated carbocycles. The number of amides is 1. The second-order valence-electron chi connectivity index (χ2n) is 7.61. The summed E-state index contributed by atoms with van der Waals surface area (Å²) in [4.78, 5) is 21.1. The minimum absolute atomic E-state index is 0.00231. The number of carbonyl (C=O) groups excluding carboxylic acids is 1. The standard InChI is InChI=1S/C21H22N8O2/c1-28-10-16-18(26-28)15(9-17(24-16)25-21(30)12-7-8-12)23-14-6-4-5-13(19(14)31-3)20-22-11-29(2)27-20/h4-6,9-12,23H,7-8H2,1-3H3,(H,24,25,30). The molecule has 10 heteroatoms. The number of aryl methyl sites for hydroxylation is 2. The molecule has 5 rings (SSSR count). The monoisotopic (exact) mass is 418 g/mol. The number of aromatic nitrogens is 6. The summed E-state index contributed by atoms with van der Waals surface area (Å²) < 4.78 is 9.04. The number of fused-ring (bicyclic) bond motifs is 1. The number of pyridine rings is 1. The van der Waals surface area contributed by atoms with Crippen molar-refractivity contribution in [1.29, 1.82) is 0 Å². The topological polar surface area (TPSA) is 112 Å². The van der Waals surface area contributed by atoms with Crippen LogP contribution in [0.25, 0.3) is 22.4 Å². The van der Waals surface area contributed by atoms with E-state index in [2.05, 4.69) is 30.8 Å². The Morgan fingerprint density at radius 3 is 2.71 bits per heavy atom. The zero-order valence-corrected chi connectivity index (χ0v) is 17.5. The molecule has 2 N–H and O–H groups in total. The first-order valence-electron chi connectivity index (χ1n) is 9.97. The predicted molar refractivity (Wildman–Crippen MR) is 116 cm³/mol. The molecule has 1 aliphatic rings. The van der Waals surface area contributed by atoms with Crippen molar-refractivity contribution in [3.8, 4) is 17.1 Å². The first-order valence-corrected chi connectivity index (χ1v) is 9.97. The first-order chi connectivity index (χ1) is 15.0. The molecular formula is C21H22N8O2. The van der Waals surface area contributed by atoms with Crippen LogP contribution in [0.1, 0.15) is 12.8 Å². The lowest BCUT2D eigenvalue weighted by Crippen LogP contribution is -2.14. The fourth-order valence-corrected chi connectivity index (χ4v) is 3.49. The molecule has 0 radical (unpaired) electrons. The number of ether oxygens (including phenoxy) is 1. The maximum Gasteiger partial charge on any atom is 0.228 e. The Bertz CT molecular complexity index is 1290. The lowest BCUT2D eigenvalue weighted by Gasteiger charge is -2.15. The van der Waals surface area contributed by atoms with E-state index in [0.717, 1.165) is 24.1 Å². The van der Waals surface area contributed by atoms with Crippen LogP contribution in [0, 0.1) is 5.92 Å². The smallest absolute Gasteiger partial charge is 0.228 e. The van der Waals surface area contributed by atoms with Crippen molar-refractivity contribution in [1.82, 2.24) is 29.5 Å². The van der Waals surface area contributed by atoms with Gasteiger partial charge in [-0.3, -0.25) is 14.2 Å². The van der Waals surface area contributed by atoms with Crippen molar-refractivity contribution in [3.63, 3.8) is 0 Å². The van der Waals surface area contributed by atoms with Crippen LogP contribution in [0.15, 0.2) is 36.8 Å². The van der Waals surface area contributed by atoms with Crippen molar-refractivity contribution in [3.05, 3.63) is 36.8 Å². The van der Waals surface area contributed by atoms with Crippen LogP contribution in [0.5, 0.6) is 5.75 Å². The van der Waals surface area contributed by atoms with Gasteiger partial charge < -0.3 is 15.4 Å². The third-order valence-electron chi connectivity index (χ3n) is 5.11. The Morgan fingerprint density at radius 1 is 1.16 bits per heavy atom. The Balaban J connectivity index is 1.56. The van der Waals surface area contributed by atoms with Crippen LogP contribution in [-0.2, 0) is 18.9 Å². The van der Waals surface area contributed by atoms with Gasteiger partial charge in [0, 0.05) is 26.1 Å². The van der Waals surface area contributed by atoms with Crippen LogP contribution in [0.3, 0.4) is 0 Å². The number of anilines is 3. The molecule has 0 spiro atoms. The average molecular weight is 418 g/mol.